The van der Waals surface area contributed by atoms with Crippen LogP contribution in [0.4, 0.5) is 0 Å². The van der Waals surface area contributed by atoms with Crippen molar-refractivity contribution in [2.24, 2.45) is 5.73 Å². The van der Waals surface area contributed by atoms with Gasteiger partial charge in [-0.3, -0.25) is 9.59 Å². The second-order valence-electron chi connectivity index (χ2n) is 5.04. The summed E-state index contributed by atoms with van der Waals surface area (Å²) in [6.07, 6.45) is 3.03. The van der Waals surface area contributed by atoms with E-state index < -0.39 is 5.91 Å². The van der Waals surface area contributed by atoms with Crippen LogP contribution in [0.5, 0.6) is 5.75 Å². The van der Waals surface area contributed by atoms with Crippen molar-refractivity contribution in [3.05, 3.63) is 29.8 Å². The van der Waals surface area contributed by atoms with Crippen molar-refractivity contribution in [2.75, 3.05) is 19.8 Å². The summed E-state index contributed by atoms with van der Waals surface area (Å²) in [6, 6.07) is 6.75. The molecular formula is C15H20N2O4. The first-order chi connectivity index (χ1) is 10.1. The van der Waals surface area contributed by atoms with Crippen molar-refractivity contribution in [1.82, 2.24) is 4.90 Å². The molecule has 1 aromatic rings. The SMILES string of the molecule is NC(=O)c1ccccc1OCC(=O)N(CCO)C1CCC1. The molecule has 0 aromatic heterocycles. The van der Waals surface area contributed by atoms with Gasteiger partial charge in [-0.15, -0.1) is 0 Å². The third kappa shape index (κ3) is 3.72. The fourth-order valence-corrected chi connectivity index (χ4v) is 2.34. The Morgan fingerprint density at radius 2 is 2.05 bits per heavy atom. The zero-order valence-corrected chi connectivity index (χ0v) is 11.8. The Balaban J connectivity index is 1.98. The lowest BCUT2D eigenvalue weighted by atomic mass is 9.91. The third-order valence-electron chi connectivity index (χ3n) is 3.68. The van der Waals surface area contributed by atoms with Crippen molar-refractivity contribution in [2.45, 2.75) is 25.3 Å². The number of primary amides is 1. The summed E-state index contributed by atoms with van der Waals surface area (Å²) < 4.78 is 5.43. The van der Waals surface area contributed by atoms with Crippen LogP contribution in [0.3, 0.4) is 0 Å². The average molecular weight is 292 g/mol. The molecule has 0 bridgehead atoms. The number of aliphatic hydroxyl groups is 1. The Labute approximate surface area is 123 Å². The van der Waals surface area contributed by atoms with Crippen LogP contribution in [-0.4, -0.2) is 47.6 Å². The predicted octanol–water partition coefficient (Wildman–Crippen LogP) is 0.538. The van der Waals surface area contributed by atoms with Crippen molar-refractivity contribution >= 4 is 11.8 Å². The smallest absolute Gasteiger partial charge is 0.260 e. The normalized spacial score (nSPS) is 14.3. The average Bonchev–Trinajstić information content (AvgIpc) is 2.42. The van der Waals surface area contributed by atoms with E-state index in [4.69, 9.17) is 15.6 Å². The number of nitrogens with two attached hydrogens (primary N) is 1. The summed E-state index contributed by atoms with van der Waals surface area (Å²) >= 11 is 0. The predicted molar refractivity (Wildman–Crippen MR) is 76.9 cm³/mol. The number of carbonyl (C=O) groups is 2. The molecule has 6 heteroatoms. The first-order valence-electron chi connectivity index (χ1n) is 7.05. The van der Waals surface area contributed by atoms with E-state index >= 15 is 0 Å². The van der Waals surface area contributed by atoms with Crippen LogP contribution in [0.15, 0.2) is 24.3 Å². The number of aliphatic hydroxyl groups excluding tert-OH is 1. The fraction of sp³-hybridized carbons (Fsp3) is 0.467. The maximum atomic E-state index is 12.2. The molecule has 0 radical (unpaired) electrons. The Kier molecular flexibility index (Phi) is 5.16. The molecule has 6 nitrogen and oxygen atoms in total. The zero-order chi connectivity index (χ0) is 15.2. The van der Waals surface area contributed by atoms with E-state index in [9.17, 15) is 9.59 Å². The minimum atomic E-state index is -0.593. The molecule has 114 valence electrons. The standard InChI is InChI=1S/C15H20N2O4/c16-15(20)12-6-1-2-7-13(12)21-10-14(19)17(8-9-18)11-4-3-5-11/h1-2,6-7,11,18H,3-5,8-10H2,(H2,16,20). The van der Waals surface area contributed by atoms with Crippen LogP contribution >= 0.6 is 0 Å². The maximum absolute atomic E-state index is 12.2. The van der Waals surface area contributed by atoms with Gasteiger partial charge in [-0.2, -0.15) is 0 Å². The van der Waals surface area contributed by atoms with Crippen molar-refractivity contribution in [1.29, 1.82) is 0 Å². The molecule has 1 aromatic carbocycles. The highest BCUT2D eigenvalue weighted by Crippen LogP contribution is 2.25. The van der Waals surface area contributed by atoms with Gasteiger partial charge in [0.1, 0.15) is 5.75 Å². The zero-order valence-electron chi connectivity index (χ0n) is 11.8. The molecule has 0 spiro atoms. The molecule has 0 unspecified atom stereocenters. The van der Waals surface area contributed by atoms with E-state index in [-0.39, 0.29) is 30.7 Å². The summed E-state index contributed by atoms with van der Waals surface area (Å²) in [5.74, 6) is -0.479. The lowest BCUT2D eigenvalue weighted by Crippen LogP contribution is -2.47. The molecule has 21 heavy (non-hydrogen) atoms. The van der Waals surface area contributed by atoms with Gasteiger partial charge in [0.2, 0.25) is 0 Å². The minimum Gasteiger partial charge on any atom is -0.483 e. The summed E-state index contributed by atoms with van der Waals surface area (Å²) in [7, 11) is 0. The largest absolute Gasteiger partial charge is 0.483 e. The van der Waals surface area contributed by atoms with Gasteiger partial charge in [0.05, 0.1) is 12.2 Å². The van der Waals surface area contributed by atoms with Crippen LogP contribution < -0.4 is 10.5 Å². The number of carbonyl (C=O) groups excluding carboxylic acids is 2. The first kappa shape index (κ1) is 15.3. The van der Waals surface area contributed by atoms with Crippen LogP contribution in [0, 0.1) is 0 Å². The van der Waals surface area contributed by atoms with Gasteiger partial charge in [-0.25, -0.2) is 0 Å². The lowest BCUT2D eigenvalue weighted by molar-refractivity contribution is -0.138. The highest BCUT2D eigenvalue weighted by Gasteiger charge is 2.28. The first-order valence-corrected chi connectivity index (χ1v) is 7.05. The van der Waals surface area contributed by atoms with Crippen molar-refractivity contribution in [3.63, 3.8) is 0 Å². The van der Waals surface area contributed by atoms with E-state index in [1.54, 1.807) is 29.2 Å². The molecular weight excluding hydrogens is 272 g/mol. The van der Waals surface area contributed by atoms with E-state index in [1.165, 1.54) is 0 Å². The molecule has 1 aliphatic rings. The molecule has 1 saturated carbocycles. The van der Waals surface area contributed by atoms with Crippen LogP contribution in [0.1, 0.15) is 29.6 Å². The molecule has 1 aliphatic carbocycles. The number of hydrogen-bond acceptors (Lipinski definition) is 4. The number of nitrogens with zero attached hydrogens (tertiary/aromatic N) is 1. The number of amides is 2. The number of benzene rings is 1. The molecule has 2 rings (SSSR count). The van der Waals surface area contributed by atoms with E-state index in [0.29, 0.717) is 12.3 Å². The van der Waals surface area contributed by atoms with Crippen LogP contribution in [0.2, 0.25) is 0 Å². The van der Waals surface area contributed by atoms with Gasteiger partial charge in [-0.1, -0.05) is 12.1 Å². The number of ether oxygens (including phenoxy) is 1. The van der Waals surface area contributed by atoms with Gasteiger partial charge < -0.3 is 20.5 Å². The Morgan fingerprint density at radius 3 is 2.62 bits per heavy atom. The van der Waals surface area contributed by atoms with Gasteiger partial charge in [0, 0.05) is 12.6 Å². The Morgan fingerprint density at radius 1 is 1.33 bits per heavy atom. The number of para-hydroxylation sites is 1. The lowest BCUT2D eigenvalue weighted by Gasteiger charge is -2.37. The molecule has 0 saturated heterocycles. The molecule has 0 atom stereocenters. The minimum absolute atomic E-state index is 0.0693. The van der Waals surface area contributed by atoms with E-state index in [0.717, 1.165) is 19.3 Å². The molecule has 0 aliphatic heterocycles. The van der Waals surface area contributed by atoms with Gasteiger partial charge >= 0.3 is 0 Å². The summed E-state index contributed by atoms with van der Waals surface area (Å²) in [4.78, 5) is 25.1. The third-order valence-corrected chi connectivity index (χ3v) is 3.68. The Hall–Kier alpha value is -2.08. The second kappa shape index (κ2) is 7.08. The van der Waals surface area contributed by atoms with Gasteiger partial charge in [-0.05, 0) is 31.4 Å². The topological polar surface area (TPSA) is 92.9 Å². The number of hydrogen-bond donors (Lipinski definition) is 2. The van der Waals surface area contributed by atoms with Gasteiger partial charge in [0.15, 0.2) is 6.61 Å². The molecule has 1 fully saturated rings. The van der Waals surface area contributed by atoms with E-state index in [2.05, 4.69) is 0 Å². The highest BCUT2D eigenvalue weighted by molar-refractivity contribution is 5.95. The molecule has 0 heterocycles. The summed E-state index contributed by atoms with van der Waals surface area (Å²) in [5.41, 5.74) is 5.51. The quantitative estimate of drug-likeness (QED) is 0.767. The summed E-state index contributed by atoms with van der Waals surface area (Å²) in [5, 5.41) is 9.06. The van der Waals surface area contributed by atoms with Crippen molar-refractivity contribution < 1.29 is 19.4 Å². The van der Waals surface area contributed by atoms with Crippen LogP contribution in [-0.2, 0) is 4.79 Å². The maximum Gasteiger partial charge on any atom is 0.260 e. The number of rotatable bonds is 7. The van der Waals surface area contributed by atoms with Gasteiger partial charge in [0.25, 0.3) is 11.8 Å². The van der Waals surface area contributed by atoms with E-state index in [1.807, 2.05) is 0 Å². The highest BCUT2D eigenvalue weighted by atomic mass is 16.5. The summed E-state index contributed by atoms with van der Waals surface area (Å²) in [6.45, 7) is 0.0746. The van der Waals surface area contributed by atoms with Crippen LogP contribution in [0.25, 0.3) is 0 Å². The molecule has 3 N–H and O–H groups in total. The Bertz CT molecular complexity index is 514. The monoisotopic (exact) mass is 292 g/mol. The second-order valence-corrected chi connectivity index (χ2v) is 5.04. The molecule has 2 amide bonds. The fourth-order valence-electron chi connectivity index (χ4n) is 2.34. The van der Waals surface area contributed by atoms with Crippen molar-refractivity contribution in [3.8, 4) is 5.75 Å².